The summed E-state index contributed by atoms with van der Waals surface area (Å²) in [5, 5.41) is 4.71. The zero-order chi connectivity index (χ0) is 21.1. The number of rotatable bonds is 6. The van der Waals surface area contributed by atoms with Crippen LogP contribution < -0.4 is 10.9 Å². The molecule has 0 spiro atoms. The highest BCUT2D eigenvalue weighted by atomic mass is 35.5. The first-order valence-corrected chi connectivity index (χ1v) is 10.5. The molecule has 0 saturated heterocycles. The van der Waals surface area contributed by atoms with E-state index in [1.54, 1.807) is 30.3 Å². The van der Waals surface area contributed by atoms with E-state index in [9.17, 15) is 9.59 Å². The third kappa shape index (κ3) is 4.83. The van der Waals surface area contributed by atoms with Crippen molar-refractivity contribution in [2.75, 3.05) is 11.1 Å². The van der Waals surface area contributed by atoms with Crippen LogP contribution in [0.2, 0.25) is 10.0 Å². The molecule has 0 bridgehead atoms. The van der Waals surface area contributed by atoms with Gasteiger partial charge in [0.2, 0.25) is 5.91 Å². The van der Waals surface area contributed by atoms with E-state index in [1.807, 2.05) is 19.9 Å². The molecule has 0 radical (unpaired) electrons. The minimum atomic E-state index is -0.241. The predicted octanol–water partition coefficient (Wildman–Crippen LogP) is 5.24. The predicted molar refractivity (Wildman–Crippen MR) is 121 cm³/mol. The van der Waals surface area contributed by atoms with Gasteiger partial charge in [0.05, 0.1) is 27.4 Å². The summed E-state index contributed by atoms with van der Waals surface area (Å²) in [4.78, 5) is 29.8. The van der Waals surface area contributed by atoms with Crippen molar-refractivity contribution in [2.24, 2.45) is 0 Å². The van der Waals surface area contributed by atoms with Gasteiger partial charge in [-0.2, -0.15) is 0 Å². The van der Waals surface area contributed by atoms with Crippen LogP contribution in [0.4, 0.5) is 5.69 Å². The number of hydrogen-bond donors (Lipinski definition) is 1. The van der Waals surface area contributed by atoms with Gasteiger partial charge in [0.25, 0.3) is 5.56 Å². The Kier molecular flexibility index (Phi) is 6.67. The molecule has 1 aromatic heterocycles. The second kappa shape index (κ2) is 9.03. The van der Waals surface area contributed by atoms with E-state index in [1.165, 1.54) is 16.3 Å². The maximum Gasteiger partial charge on any atom is 0.262 e. The van der Waals surface area contributed by atoms with E-state index in [-0.39, 0.29) is 23.8 Å². The number of halogens is 2. The number of allylic oxidation sites excluding steroid dienone is 1. The van der Waals surface area contributed by atoms with Crippen LogP contribution in [0, 0.1) is 13.8 Å². The Hall–Kier alpha value is -2.28. The van der Waals surface area contributed by atoms with Gasteiger partial charge in [-0.25, -0.2) is 4.98 Å². The van der Waals surface area contributed by atoms with E-state index in [0.29, 0.717) is 31.8 Å². The largest absolute Gasteiger partial charge is 0.324 e. The average molecular weight is 448 g/mol. The molecule has 150 valence electrons. The van der Waals surface area contributed by atoms with E-state index in [0.717, 1.165) is 11.1 Å². The molecule has 0 aliphatic heterocycles. The quantitative estimate of drug-likeness (QED) is 0.318. The second-order valence-corrected chi connectivity index (χ2v) is 8.32. The molecule has 5 nitrogen and oxygen atoms in total. The van der Waals surface area contributed by atoms with Crippen LogP contribution >= 0.6 is 35.0 Å². The first-order chi connectivity index (χ1) is 13.8. The molecule has 0 aliphatic rings. The number of nitrogens with zero attached hydrogens (tertiary/aromatic N) is 2. The molecule has 3 aromatic rings. The van der Waals surface area contributed by atoms with Gasteiger partial charge >= 0.3 is 0 Å². The standard InChI is InChI=1S/C21H19Cl2N3O2S/c1-4-7-26-20(28)15-6-5-14(22)10-17(15)24-21(26)29-11-18(27)25-19-13(3)8-12(2)9-16(19)23/h4-6,8-10H,1,7,11H2,2-3H3,(H,25,27). The lowest BCUT2D eigenvalue weighted by molar-refractivity contribution is -0.113. The third-order valence-electron chi connectivity index (χ3n) is 4.22. The maximum absolute atomic E-state index is 12.8. The maximum atomic E-state index is 12.8. The lowest BCUT2D eigenvalue weighted by Crippen LogP contribution is -2.24. The van der Waals surface area contributed by atoms with Crippen molar-refractivity contribution in [1.82, 2.24) is 9.55 Å². The Morgan fingerprint density at radius 3 is 2.72 bits per heavy atom. The molecule has 1 N–H and O–H groups in total. The summed E-state index contributed by atoms with van der Waals surface area (Å²) in [6.07, 6.45) is 1.62. The van der Waals surface area contributed by atoms with Gasteiger partial charge in [0.15, 0.2) is 5.16 Å². The number of aromatic nitrogens is 2. The van der Waals surface area contributed by atoms with Crippen LogP contribution in [0.5, 0.6) is 0 Å². The van der Waals surface area contributed by atoms with E-state index >= 15 is 0 Å². The molecule has 8 heteroatoms. The molecule has 0 unspecified atom stereocenters. The number of aryl methyl sites for hydroxylation is 2. The summed E-state index contributed by atoms with van der Waals surface area (Å²) in [5.74, 6) is -0.173. The molecule has 0 aliphatic carbocycles. The number of benzene rings is 2. The van der Waals surface area contributed by atoms with Gasteiger partial charge in [-0.3, -0.25) is 14.2 Å². The molecule has 0 saturated carbocycles. The van der Waals surface area contributed by atoms with Gasteiger partial charge in [0, 0.05) is 11.6 Å². The minimum absolute atomic E-state index is 0.0688. The molecule has 1 heterocycles. The number of anilines is 1. The first-order valence-electron chi connectivity index (χ1n) is 8.80. The van der Waals surface area contributed by atoms with Crippen molar-refractivity contribution in [2.45, 2.75) is 25.5 Å². The van der Waals surface area contributed by atoms with Gasteiger partial charge in [-0.1, -0.05) is 47.1 Å². The molecule has 0 atom stereocenters. The van der Waals surface area contributed by atoms with Crippen molar-refractivity contribution in [3.63, 3.8) is 0 Å². The Bertz CT molecular complexity index is 1150. The number of nitrogens with one attached hydrogen (secondary N) is 1. The van der Waals surface area contributed by atoms with Crippen LogP contribution in [-0.2, 0) is 11.3 Å². The lowest BCUT2D eigenvalue weighted by atomic mass is 10.1. The summed E-state index contributed by atoms with van der Waals surface area (Å²) in [6.45, 7) is 7.82. The van der Waals surface area contributed by atoms with Crippen molar-refractivity contribution < 1.29 is 4.79 Å². The second-order valence-electron chi connectivity index (χ2n) is 6.54. The number of hydrogen-bond acceptors (Lipinski definition) is 4. The Morgan fingerprint density at radius 2 is 2.03 bits per heavy atom. The number of fused-ring (bicyclic) bond motifs is 1. The minimum Gasteiger partial charge on any atom is -0.324 e. The molecule has 29 heavy (non-hydrogen) atoms. The normalized spacial score (nSPS) is 10.9. The van der Waals surface area contributed by atoms with Crippen LogP contribution in [0.25, 0.3) is 10.9 Å². The number of carbonyl (C=O) groups is 1. The Morgan fingerprint density at radius 1 is 1.28 bits per heavy atom. The molecule has 0 fully saturated rings. The molecule has 1 amide bonds. The zero-order valence-corrected chi connectivity index (χ0v) is 18.3. The fraction of sp³-hybridized carbons (Fsp3) is 0.190. The third-order valence-corrected chi connectivity index (χ3v) is 5.73. The highest BCUT2D eigenvalue weighted by Crippen LogP contribution is 2.28. The van der Waals surface area contributed by atoms with Crippen LogP contribution in [-0.4, -0.2) is 21.2 Å². The van der Waals surface area contributed by atoms with Crippen molar-refractivity contribution in [3.8, 4) is 0 Å². The highest BCUT2D eigenvalue weighted by Gasteiger charge is 2.14. The monoisotopic (exact) mass is 447 g/mol. The van der Waals surface area contributed by atoms with Crippen LogP contribution in [0.3, 0.4) is 0 Å². The fourth-order valence-electron chi connectivity index (χ4n) is 2.95. The van der Waals surface area contributed by atoms with Gasteiger partial charge < -0.3 is 5.32 Å². The van der Waals surface area contributed by atoms with Crippen molar-refractivity contribution in [1.29, 1.82) is 0 Å². The topological polar surface area (TPSA) is 64.0 Å². The van der Waals surface area contributed by atoms with Crippen LogP contribution in [0.1, 0.15) is 11.1 Å². The SMILES string of the molecule is C=CCn1c(SCC(=O)Nc2c(C)cc(C)cc2Cl)nc2cc(Cl)ccc2c1=O. The average Bonchev–Trinajstić information content (AvgIpc) is 2.65. The van der Waals surface area contributed by atoms with Gasteiger partial charge in [0.1, 0.15) is 0 Å². The fourth-order valence-corrected chi connectivity index (χ4v) is 4.30. The highest BCUT2D eigenvalue weighted by molar-refractivity contribution is 7.99. The Labute approximate surface area is 182 Å². The van der Waals surface area contributed by atoms with Crippen molar-refractivity contribution in [3.05, 3.63) is 74.5 Å². The van der Waals surface area contributed by atoms with E-state index in [4.69, 9.17) is 23.2 Å². The molecule has 3 rings (SSSR count). The molecule has 2 aromatic carbocycles. The summed E-state index contributed by atoms with van der Waals surface area (Å²) in [5.41, 5.74) is 2.78. The summed E-state index contributed by atoms with van der Waals surface area (Å²) in [7, 11) is 0. The van der Waals surface area contributed by atoms with Crippen molar-refractivity contribution >= 4 is 57.5 Å². The van der Waals surface area contributed by atoms with Gasteiger partial charge in [-0.05, 0) is 49.2 Å². The van der Waals surface area contributed by atoms with E-state index < -0.39 is 0 Å². The first kappa shape index (κ1) is 21.4. The zero-order valence-electron chi connectivity index (χ0n) is 16.0. The van der Waals surface area contributed by atoms with Crippen LogP contribution in [0.15, 0.2) is 52.9 Å². The molecular weight excluding hydrogens is 429 g/mol. The molecular formula is C21H19Cl2N3O2S. The lowest BCUT2D eigenvalue weighted by Gasteiger charge is -2.13. The Balaban J connectivity index is 1.86. The smallest absolute Gasteiger partial charge is 0.262 e. The van der Waals surface area contributed by atoms with E-state index in [2.05, 4.69) is 16.9 Å². The number of carbonyl (C=O) groups excluding carboxylic acids is 1. The summed E-state index contributed by atoms with van der Waals surface area (Å²) >= 11 is 13.5. The van der Waals surface area contributed by atoms with Gasteiger partial charge in [-0.15, -0.1) is 6.58 Å². The summed E-state index contributed by atoms with van der Waals surface area (Å²) < 4.78 is 1.49. The number of amides is 1. The summed E-state index contributed by atoms with van der Waals surface area (Å²) in [6, 6.07) is 8.68. The number of thioether (sulfide) groups is 1.